The average Bonchev–Trinajstić information content (AvgIpc) is 2.68. The van der Waals surface area contributed by atoms with E-state index in [1.807, 2.05) is 0 Å². The number of aromatic nitrogens is 2. The molecule has 1 heterocycles. The van der Waals surface area contributed by atoms with Crippen molar-refractivity contribution >= 4 is 17.4 Å². The molecule has 94 valence electrons. The number of nitrogens with two attached hydrogens (primary N) is 1. The third-order valence-electron chi connectivity index (χ3n) is 3.35. The highest BCUT2D eigenvalue weighted by Crippen LogP contribution is 2.31. The molecule has 0 bridgehead atoms. The molecular weight excluding hydrogens is 253 g/mol. The first-order valence-electron chi connectivity index (χ1n) is 5.99. The molecule has 0 aliphatic heterocycles. The van der Waals surface area contributed by atoms with Crippen LogP contribution in [0.3, 0.4) is 0 Å². The Morgan fingerprint density at radius 1 is 1.28 bits per heavy atom. The molecule has 0 saturated carbocycles. The van der Waals surface area contributed by atoms with Crippen LogP contribution in [-0.2, 0) is 12.8 Å². The van der Waals surface area contributed by atoms with Gasteiger partial charge in [0.1, 0.15) is 17.3 Å². The number of aryl methyl sites for hydroxylation is 1. The average molecular weight is 266 g/mol. The van der Waals surface area contributed by atoms with E-state index in [0.29, 0.717) is 10.8 Å². The number of anilines is 1. The van der Waals surface area contributed by atoms with Crippen LogP contribution in [0.4, 0.5) is 10.2 Å². The van der Waals surface area contributed by atoms with Gasteiger partial charge < -0.3 is 5.73 Å². The first-order valence-corrected chi connectivity index (χ1v) is 6.37. The minimum Gasteiger partial charge on any atom is -0.383 e. The maximum atomic E-state index is 13.9. The van der Waals surface area contributed by atoms with E-state index in [0.717, 1.165) is 36.9 Å². The Balaban J connectivity index is 2.21. The van der Waals surface area contributed by atoms with Crippen molar-refractivity contribution in [2.24, 2.45) is 0 Å². The van der Waals surface area contributed by atoms with E-state index < -0.39 is 5.82 Å². The molecule has 0 saturated heterocycles. The van der Waals surface area contributed by atoms with Crippen LogP contribution >= 0.6 is 11.6 Å². The minimum atomic E-state index is -0.408. The second-order valence-corrected chi connectivity index (χ2v) is 4.91. The number of hydrogen-bond donors (Lipinski definition) is 1. The van der Waals surface area contributed by atoms with Gasteiger partial charge in [-0.25, -0.2) is 9.07 Å². The molecule has 0 amide bonds. The van der Waals surface area contributed by atoms with E-state index in [1.165, 1.54) is 10.7 Å². The SMILES string of the molecule is Nc1c2c(nn1-c1c(F)cccc1Cl)CCCC2. The summed E-state index contributed by atoms with van der Waals surface area (Å²) >= 11 is 6.04. The lowest BCUT2D eigenvalue weighted by Gasteiger charge is -2.09. The Labute approximate surface area is 109 Å². The third kappa shape index (κ3) is 1.68. The Bertz CT molecular complexity index is 586. The summed E-state index contributed by atoms with van der Waals surface area (Å²) in [5.74, 6) is 0.103. The molecule has 3 rings (SSSR count). The Hall–Kier alpha value is -1.55. The van der Waals surface area contributed by atoms with Gasteiger partial charge in [-0.2, -0.15) is 5.10 Å². The lowest BCUT2D eigenvalue weighted by molar-refractivity contribution is 0.609. The quantitative estimate of drug-likeness (QED) is 0.861. The van der Waals surface area contributed by atoms with Crippen LogP contribution in [0.1, 0.15) is 24.1 Å². The summed E-state index contributed by atoms with van der Waals surface area (Å²) in [6.07, 6.45) is 4.02. The predicted molar refractivity (Wildman–Crippen MR) is 69.6 cm³/mol. The van der Waals surface area contributed by atoms with Crippen molar-refractivity contribution in [2.75, 3.05) is 5.73 Å². The fourth-order valence-corrected chi connectivity index (χ4v) is 2.68. The van der Waals surface area contributed by atoms with Gasteiger partial charge in [0, 0.05) is 5.56 Å². The highest BCUT2D eigenvalue weighted by Gasteiger charge is 2.22. The summed E-state index contributed by atoms with van der Waals surface area (Å²) in [6, 6.07) is 4.57. The summed E-state index contributed by atoms with van der Waals surface area (Å²) in [5.41, 5.74) is 8.32. The number of nitrogen functional groups attached to an aromatic ring is 1. The summed E-state index contributed by atoms with van der Waals surface area (Å²) in [5, 5.41) is 4.73. The number of fused-ring (bicyclic) bond motifs is 1. The zero-order valence-electron chi connectivity index (χ0n) is 9.79. The molecule has 0 atom stereocenters. The van der Waals surface area contributed by atoms with Crippen molar-refractivity contribution in [1.29, 1.82) is 0 Å². The van der Waals surface area contributed by atoms with Crippen molar-refractivity contribution in [3.05, 3.63) is 40.3 Å². The van der Waals surface area contributed by atoms with Gasteiger partial charge in [-0.3, -0.25) is 0 Å². The monoisotopic (exact) mass is 265 g/mol. The number of hydrogen-bond acceptors (Lipinski definition) is 2. The van der Waals surface area contributed by atoms with Crippen LogP contribution in [0.2, 0.25) is 5.02 Å². The third-order valence-corrected chi connectivity index (χ3v) is 3.65. The summed E-state index contributed by atoms with van der Waals surface area (Å²) in [7, 11) is 0. The van der Waals surface area contributed by atoms with Crippen LogP contribution in [0, 0.1) is 5.82 Å². The molecule has 2 aromatic rings. The maximum Gasteiger partial charge on any atom is 0.150 e. The van der Waals surface area contributed by atoms with Crippen molar-refractivity contribution in [3.63, 3.8) is 0 Å². The second-order valence-electron chi connectivity index (χ2n) is 4.50. The lowest BCUT2D eigenvalue weighted by Crippen LogP contribution is -2.06. The molecule has 3 nitrogen and oxygen atoms in total. The van der Waals surface area contributed by atoms with Gasteiger partial charge in [-0.15, -0.1) is 0 Å². The van der Waals surface area contributed by atoms with E-state index in [9.17, 15) is 4.39 Å². The highest BCUT2D eigenvalue weighted by atomic mass is 35.5. The van der Waals surface area contributed by atoms with Crippen LogP contribution in [0.15, 0.2) is 18.2 Å². The molecule has 0 radical (unpaired) electrons. The van der Waals surface area contributed by atoms with Crippen LogP contribution in [-0.4, -0.2) is 9.78 Å². The Morgan fingerprint density at radius 3 is 2.78 bits per heavy atom. The number of rotatable bonds is 1. The molecule has 1 aliphatic carbocycles. The van der Waals surface area contributed by atoms with E-state index in [2.05, 4.69) is 5.10 Å². The van der Waals surface area contributed by atoms with Crippen molar-refractivity contribution < 1.29 is 4.39 Å². The number of benzene rings is 1. The van der Waals surface area contributed by atoms with Gasteiger partial charge in [-0.1, -0.05) is 17.7 Å². The summed E-state index contributed by atoms with van der Waals surface area (Å²) < 4.78 is 15.3. The largest absolute Gasteiger partial charge is 0.383 e. The predicted octanol–water partition coefficient (Wildman–Crippen LogP) is 3.13. The first kappa shape index (κ1) is 11.5. The van der Waals surface area contributed by atoms with E-state index in [-0.39, 0.29) is 5.69 Å². The van der Waals surface area contributed by atoms with Gasteiger partial charge >= 0.3 is 0 Å². The fourth-order valence-electron chi connectivity index (χ4n) is 2.44. The van der Waals surface area contributed by atoms with Crippen LogP contribution in [0.5, 0.6) is 0 Å². The topological polar surface area (TPSA) is 43.8 Å². The molecule has 2 N–H and O–H groups in total. The van der Waals surface area contributed by atoms with Gasteiger partial charge in [0.25, 0.3) is 0 Å². The van der Waals surface area contributed by atoms with Gasteiger partial charge in [0.05, 0.1) is 10.7 Å². The van der Waals surface area contributed by atoms with Gasteiger partial charge in [-0.05, 0) is 37.8 Å². The Kier molecular flexibility index (Phi) is 2.74. The van der Waals surface area contributed by atoms with E-state index >= 15 is 0 Å². The molecule has 5 heteroatoms. The van der Waals surface area contributed by atoms with E-state index in [1.54, 1.807) is 12.1 Å². The summed E-state index contributed by atoms with van der Waals surface area (Å²) in [4.78, 5) is 0. The molecule has 18 heavy (non-hydrogen) atoms. The fraction of sp³-hybridized carbons (Fsp3) is 0.308. The number of nitrogens with zero attached hydrogens (tertiary/aromatic N) is 2. The lowest BCUT2D eigenvalue weighted by atomic mass is 9.98. The molecule has 1 aromatic carbocycles. The van der Waals surface area contributed by atoms with Crippen LogP contribution in [0.25, 0.3) is 5.69 Å². The van der Waals surface area contributed by atoms with E-state index in [4.69, 9.17) is 17.3 Å². The van der Waals surface area contributed by atoms with Crippen molar-refractivity contribution in [2.45, 2.75) is 25.7 Å². The van der Waals surface area contributed by atoms with Gasteiger partial charge in [0.2, 0.25) is 0 Å². The normalized spacial score (nSPS) is 14.6. The molecule has 1 aliphatic rings. The standard InChI is InChI=1S/C13H13ClFN3/c14-9-5-3-6-10(15)12(9)18-13(16)8-4-1-2-7-11(8)17-18/h3,5-6H,1-2,4,7,16H2. The van der Waals surface area contributed by atoms with Crippen molar-refractivity contribution in [3.8, 4) is 5.69 Å². The van der Waals surface area contributed by atoms with Crippen molar-refractivity contribution in [1.82, 2.24) is 9.78 Å². The number of halogens is 2. The Morgan fingerprint density at radius 2 is 2.06 bits per heavy atom. The molecular formula is C13H13ClFN3. The molecule has 0 unspecified atom stereocenters. The van der Waals surface area contributed by atoms with Crippen LogP contribution < -0.4 is 5.73 Å². The zero-order chi connectivity index (χ0) is 12.7. The number of para-hydroxylation sites is 1. The molecule has 0 spiro atoms. The second kappa shape index (κ2) is 4.28. The minimum absolute atomic E-state index is 0.242. The maximum absolute atomic E-state index is 13.9. The van der Waals surface area contributed by atoms with Gasteiger partial charge in [0.15, 0.2) is 0 Å². The molecule has 1 aromatic heterocycles. The molecule has 0 fully saturated rings. The zero-order valence-corrected chi connectivity index (χ0v) is 10.5. The highest BCUT2D eigenvalue weighted by molar-refractivity contribution is 6.32. The first-order chi connectivity index (χ1) is 8.68. The summed E-state index contributed by atoms with van der Waals surface area (Å²) in [6.45, 7) is 0. The smallest absolute Gasteiger partial charge is 0.150 e.